The number of thiazole rings is 1. The number of non-ortho nitro benzene ring substituents is 1. The van der Waals surface area contributed by atoms with E-state index in [4.69, 9.17) is 0 Å². The van der Waals surface area contributed by atoms with Crippen LogP contribution in [0, 0.1) is 16.0 Å². The van der Waals surface area contributed by atoms with Crippen molar-refractivity contribution in [1.29, 1.82) is 0 Å². The van der Waals surface area contributed by atoms with Gasteiger partial charge in [0.1, 0.15) is 0 Å². The number of rotatable bonds is 5. The predicted octanol–water partition coefficient (Wildman–Crippen LogP) is 5.37. The number of fused-ring (bicyclic) bond motifs is 1. The molecule has 0 unspecified atom stereocenters. The largest absolute Gasteiger partial charge is 0.277 e. The molecule has 0 saturated carbocycles. The Morgan fingerprint density at radius 3 is 2.58 bits per heavy atom. The zero-order valence-corrected chi connectivity index (χ0v) is 15.0. The monoisotopic (exact) mass is 368 g/mol. The van der Waals surface area contributed by atoms with E-state index in [1.807, 2.05) is 38.1 Å². The second-order valence-corrected chi connectivity index (χ2v) is 6.71. The van der Waals surface area contributed by atoms with E-state index in [-0.39, 0.29) is 11.6 Å². The van der Waals surface area contributed by atoms with E-state index >= 15 is 0 Å². The molecule has 0 aliphatic carbocycles. The predicted molar refractivity (Wildman–Crippen MR) is 103 cm³/mol. The van der Waals surface area contributed by atoms with Crippen LogP contribution in [0.4, 0.5) is 16.5 Å². The van der Waals surface area contributed by atoms with Crippen molar-refractivity contribution in [3.8, 4) is 0 Å². The van der Waals surface area contributed by atoms with Crippen LogP contribution in [0.3, 0.4) is 0 Å². The summed E-state index contributed by atoms with van der Waals surface area (Å²) in [5, 5.41) is 23.9. The molecule has 0 fully saturated rings. The number of nitro groups is 1. The number of amidine groups is 1. The molecular formula is C17H16N6O2S. The maximum atomic E-state index is 10.7. The molecule has 3 aromatic rings. The molecule has 1 heterocycles. The minimum absolute atomic E-state index is 0.0270. The van der Waals surface area contributed by atoms with Gasteiger partial charge in [0.05, 0.1) is 20.8 Å². The number of nitro benzene ring substituents is 1. The summed E-state index contributed by atoms with van der Waals surface area (Å²) in [4.78, 5) is 14.6. The van der Waals surface area contributed by atoms with Crippen LogP contribution in [-0.2, 0) is 0 Å². The van der Waals surface area contributed by atoms with Crippen LogP contribution in [0.2, 0.25) is 0 Å². The smallest absolute Gasteiger partial charge is 0.269 e. The summed E-state index contributed by atoms with van der Waals surface area (Å²) < 4.78 is 1.05. The molecule has 2 aromatic carbocycles. The quantitative estimate of drug-likeness (QED) is 0.215. The highest BCUT2D eigenvalue weighted by Crippen LogP contribution is 2.28. The number of hydrogen-bond donors (Lipinski definition) is 1. The van der Waals surface area contributed by atoms with Gasteiger partial charge in [-0.1, -0.05) is 37.3 Å². The molecule has 0 amide bonds. The highest BCUT2D eigenvalue weighted by Gasteiger charge is 2.07. The molecule has 0 saturated heterocycles. The van der Waals surface area contributed by atoms with E-state index < -0.39 is 4.92 Å². The van der Waals surface area contributed by atoms with Gasteiger partial charge in [-0.25, -0.2) is 4.98 Å². The van der Waals surface area contributed by atoms with E-state index in [2.05, 4.69) is 25.7 Å². The fourth-order valence-corrected chi connectivity index (χ4v) is 2.83. The Bertz CT molecular complexity index is 945. The number of hydrazone groups is 1. The lowest BCUT2D eigenvalue weighted by atomic mass is 10.2. The van der Waals surface area contributed by atoms with Gasteiger partial charge in [-0.05, 0) is 24.3 Å². The number of anilines is 1. The third kappa shape index (κ3) is 4.25. The maximum Gasteiger partial charge on any atom is 0.269 e. The highest BCUT2D eigenvalue weighted by molar-refractivity contribution is 7.21. The van der Waals surface area contributed by atoms with Crippen molar-refractivity contribution in [1.82, 2.24) is 4.98 Å². The van der Waals surface area contributed by atoms with Crippen molar-refractivity contribution >= 4 is 43.9 Å². The van der Waals surface area contributed by atoms with Gasteiger partial charge in [-0.3, -0.25) is 15.5 Å². The van der Waals surface area contributed by atoms with Crippen LogP contribution in [0.5, 0.6) is 0 Å². The van der Waals surface area contributed by atoms with Crippen molar-refractivity contribution in [2.75, 3.05) is 5.43 Å². The second-order valence-electron chi connectivity index (χ2n) is 5.70. The third-order valence-corrected chi connectivity index (χ3v) is 4.34. The summed E-state index contributed by atoms with van der Waals surface area (Å²) in [6.07, 6.45) is 0. The summed E-state index contributed by atoms with van der Waals surface area (Å²) in [7, 11) is 0. The standard InChI is InChI=1S/C17H16N6O2S/c1-11(2)16(20-19-12-7-9-13(10-8-12)23(24)25)21-22-17-18-14-5-3-4-6-15(14)26-17/h3-11,19H,1-2H3/b20-16+,22-21?. The fourth-order valence-electron chi connectivity index (χ4n) is 2.04. The molecule has 0 bridgehead atoms. The van der Waals surface area contributed by atoms with Gasteiger partial charge in [0, 0.05) is 18.1 Å². The third-order valence-electron chi connectivity index (χ3n) is 3.41. The number of nitrogens with one attached hydrogen (secondary N) is 1. The molecule has 1 aromatic heterocycles. The summed E-state index contributed by atoms with van der Waals surface area (Å²) >= 11 is 1.46. The van der Waals surface area contributed by atoms with E-state index in [0.29, 0.717) is 16.7 Å². The van der Waals surface area contributed by atoms with Crippen molar-refractivity contribution in [2.24, 2.45) is 21.2 Å². The molecule has 26 heavy (non-hydrogen) atoms. The Morgan fingerprint density at radius 2 is 1.92 bits per heavy atom. The molecule has 0 spiro atoms. The van der Waals surface area contributed by atoms with Crippen molar-refractivity contribution in [3.05, 3.63) is 58.6 Å². The van der Waals surface area contributed by atoms with Gasteiger partial charge in [-0.15, -0.1) is 10.2 Å². The lowest BCUT2D eigenvalue weighted by Gasteiger charge is -2.05. The minimum Gasteiger partial charge on any atom is -0.277 e. The van der Waals surface area contributed by atoms with Gasteiger partial charge in [0.2, 0.25) is 5.13 Å². The van der Waals surface area contributed by atoms with Crippen molar-refractivity contribution in [3.63, 3.8) is 0 Å². The molecule has 0 aliphatic heterocycles. The molecule has 8 nitrogen and oxygen atoms in total. The van der Waals surface area contributed by atoms with Crippen LogP contribution in [-0.4, -0.2) is 15.7 Å². The van der Waals surface area contributed by atoms with Crippen LogP contribution in [0.15, 0.2) is 63.9 Å². The molecule has 0 radical (unpaired) electrons. The van der Waals surface area contributed by atoms with Crippen LogP contribution < -0.4 is 5.43 Å². The number of nitrogens with zero attached hydrogens (tertiary/aromatic N) is 5. The molecule has 1 N–H and O–H groups in total. The van der Waals surface area contributed by atoms with Gasteiger partial charge < -0.3 is 0 Å². The first-order valence-corrected chi connectivity index (χ1v) is 8.70. The van der Waals surface area contributed by atoms with Crippen LogP contribution in [0.1, 0.15) is 13.8 Å². The number of benzene rings is 2. The summed E-state index contributed by atoms with van der Waals surface area (Å²) in [5.41, 5.74) is 4.39. The number of azo groups is 1. The zero-order valence-electron chi connectivity index (χ0n) is 14.2. The number of aromatic nitrogens is 1. The molecule has 132 valence electrons. The second kappa shape index (κ2) is 7.79. The first-order chi connectivity index (χ1) is 12.5. The average Bonchev–Trinajstić information content (AvgIpc) is 3.04. The highest BCUT2D eigenvalue weighted by atomic mass is 32.1. The van der Waals surface area contributed by atoms with E-state index in [9.17, 15) is 10.1 Å². The molecule has 0 atom stereocenters. The van der Waals surface area contributed by atoms with Crippen LogP contribution >= 0.6 is 11.3 Å². The first-order valence-electron chi connectivity index (χ1n) is 7.88. The van der Waals surface area contributed by atoms with Gasteiger partial charge in [0.15, 0.2) is 5.84 Å². The van der Waals surface area contributed by atoms with Crippen LogP contribution in [0.25, 0.3) is 10.2 Å². The number of hydrogen-bond acceptors (Lipinski definition) is 7. The molecule has 9 heteroatoms. The fraction of sp³-hybridized carbons (Fsp3) is 0.176. The Hall–Kier alpha value is -3.20. The average molecular weight is 368 g/mol. The van der Waals surface area contributed by atoms with E-state index in [1.54, 1.807) is 12.1 Å². The Balaban J connectivity index is 1.75. The van der Waals surface area contributed by atoms with Crippen molar-refractivity contribution in [2.45, 2.75) is 13.8 Å². The zero-order chi connectivity index (χ0) is 18.5. The Labute approximate surface area is 153 Å². The molecule has 3 rings (SSSR count). The SMILES string of the molecule is CC(C)/C(N=Nc1nc2ccccc2s1)=N\Nc1ccc([N+](=O)[O-])cc1. The topological polar surface area (TPSA) is 105 Å². The minimum atomic E-state index is -0.446. The van der Waals surface area contributed by atoms with Gasteiger partial charge >= 0.3 is 0 Å². The lowest BCUT2D eigenvalue weighted by Crippen LogP contribution is -2.06. The van der Waals surface area contributed by atoms with E-state index in [0.717, 1.165) is 10.2 Å². The normalized spacial score (nSPS) is 12.2. The molecular weight excluding hydrogens is 352 g/mol. The maximum absolute atomic E-state index is 10.7. The summed E-state index contributed by atoms with van der Waals surface area (Å²) in [6.45, 7) is 3.90. The lowest BCUT2D eigenvalue weighted by molar-refractivity contribution is -0.384. The number of para-hydroxylation sites is 1. The Kier molecular flexibility index (Phi) is 5.28. The molecule has 0 aliphatic rings. The van der Waals surface area contributed by atoms with Gasteiger partial charge in [0.25, 0.3) is 5.69 Å². The summed E-state index contributed by atoms with van der Waals surface area (Å²) in [6, 6.07) is 13.8. The van der Waals surface area contributed by atoms with Crippen molar-refractivity contribution < 1.29 is 4.92 Å². The first kappa shape index (κ1) is 17.6. The summed E-state index contributed by atoms with van der Waals surface area (Å²) in [5.74, 6) is 0.543. The van der Waals surface area contributed by atoms with Gasteiger partial charge in [-0.2, -0.15) is 5.10 Å². The van der Waals surface area contributed by atoms with E-state index in [1.165, 1.54) is 23.5 Å². The Morgan fingerprint density at radius 1 is 1.19 bits per heavy atom.